The predicted octanol–water partition coefficient (Wildman–Crippen LogP) is 2.44. The zero-order valence-electron chi connectivity index (χ0n) is 9.07. The summed E-state index contributed by atoms with van der Waals surface area (Å²) in [6.45, 7) is -0.135. The summed E-state index contributed by atoms with van der Waals surface area (Å²) in [6, 6.07) is 12.2. The van der Waals surface area contributed by atoms with Gasteiger partial charge in [0.15, 0.2) is 0 Å². The molecule has 2 aromatic carbocycles. The lowest BCUT2D eigenvalue weighted by Crippen LogP contribution is -1.99. The predicted molar refractivity (Wildman–Crippen MR) is 65.3 cm³/mol. The largest absolute Gasteiger partial charge is 0.399 e. The maximum absolute atomic E-state index is 13.5. The van der Waals surface area contributed by atoms with Crippen molar-refractivity contribution in [3.63, 3.8) is 0 Å². The molecule has 0 aliphatic rings. The summed E-state index contributed by atoms with van der Waals surface area (Å²) < 4.78 is 13.5. The number of aliphatic hydroxyl groups excluding tert-OH is 1. The van der Waals surface area contributed by atoms with Crippen LogP contribution in [0, 0.1) is 11.9 Å². The molecule has 0 fully saturated rings. The fourth-order valence-corrected chi connectivity index (χ4v) is 1.50. The summed E-state index contributed by atoms with van der Waals surface area (Å²) in [5.74, 6) is -0.393. The molecule has 4 heteroatoms. The van der Waals surface area contributed by atoms with Crippen molar-refractivity contribution in [1.82, 2.24) is 0 Å². The Balaban J connectivity index is 2.34. The van der Waals surface area contributed by atoms with E-state index in [1.54, 1.807) is 18.2 Å². The number of benzene rings is 2. The van der Waals surface area contributed by atoms with Crippen molar-refractivity contribution in [2.75, 3.05) is 11.1 Å². The second-order valence-electron chi connectivity index (χ2n) is 3.61. The van der Waals surface area contributed by atoms with E-state index in [2.05, 4.69) is 11.4 Å². The number of nitrogens with two attached hydrogens (primary N) is 1. The highest BCUT2D eigenvalue weighted by molar-refractivity contribution is 5.66. The molecule has 0 aliphatic heterocycles. The Kier molecular flexibility index (Phi) is 3.25. The number of halogens is 1. The smallest absolute Gasteiger partial charge is 0.146 e. The van der Waals surface area contributed by atoms with Crippen LogP contribution in [0.15, 0.2) is 36.4 Å². The zero-order chi connectivity index (χ0) is 12.3. The molecule has 0 saturated heterocycles. The molecule has 0 saturated carbocycles. The van der Waals surface area contributed by atoms with Gasteiger partial charge in [-0.15, -0.1) is 0 Å². The summed E-state index contributed by atoms with van der Waals surface area (Å²) >= 11 is 0. The van der Waals surface area contributed by atoms with E-state index in [0.29, 0.717) is 16.9 Å². The minimum absolute atomic E-state index is 0.135. The van der Waals surface area contributed by atoms with E-state index in [1.807, 2.05) is 0 Å². The van der Waals surface area contributed by atoms with Crippen molar-refractivity contribution in [1.29, 1.82) is 0 Å². The van der Waals surface area contributed by atoms with Crippen LogP contribution in [0.4, 0.5) is 21.5 Å². The second-order valence-corrected chi connectivity index (χ2v) is 3.61. The van der Waals surface area contributed by atoms with Crippen LogP contribution in [0.25, 0.3) is 0 Å². The monoisotopic (exact) mass is 231 g/mol. The molecule has 0 aromatic heterocycles. The SMILES string of the molecule is Nc1ccc(F)c(Nc2cc[c]cc2CO)c1. The normalized spacial score (nSPS) is 10.2. The van der Waals surface area contributed by atoms with Crippen molar-refractivity contribution in [2.45, 2.75) is 6.61 Å². The third-order valence-electron chi connectivity index (χ3n) is 2.38. The van der Waals surface area contributed by atoms with E-state index < -0.39 is 5.82 Å². The van der Waals surface area contributed by atoms with E-state index >= 15 is 0 Å². The minimum atomic E-state index is -0.393. The molecular formula is C13H12FN2O. The van der Waals surface area contributed by atoms with Gasteiger partial charge in [0.05, 0.1) is 12.3 Å². The van der Waals surface area contributed by atoms with Crippen LogP contribution in [-0.4, -0.2) is 5.11 Å². The van der Waals surface area contributed by atoms with Crippen LogP contribution in [0.2, 0.25) is 0 Å². The van der Waals surface area contributed by atoms with Gasteiger partial charge in [-0.3, -0.25) is 0 Å². The number of hydrogen-bond acceptors (Lipinski definition) is 3. The maximum Gasteiger partial charge on any atom is 0.146 e. The summed E-state index contributed by atoms with van der Waals surface area (Å²) in [7, 11) is 0. The van der Waals surface area contributed by atoms with Crippen LogP contribution < -0.4 is 11.1 Å². The molecule has 17 heavy (non-hydrogen) atoms. The summed E-state index contributed by atoms with van der Waals surface area (Å²) in [5.41, 5.74) is 7.63. The van der Waals surface area contributed by atoms with Crippen LogP contribution in [0.5, 0.6) is 0 Å². The van der Waals surface area contributed by atoms with E-state index in [9.17, 15) is 4.39 Å². The van der Waals surface area contributed by atoms with Crippen molar-refractivity contribution >= 4 is 17.1 Å². The quantitative estimate of drug-likeness (QED) is 0.711. The topological polar surface area (TPSA) is 58.3 Å². The Bertz CT molecular complexity index is 529. The van der Waals surface area contributed by atoms with Gasteiger partial charge in [0.25, 0.3) is 0 Å². The van der Waals surface area contributed by atoms with Crippen molar-refractivity contribution in [3.8, 4) is 0 Å². The molecule has 3 nitrogen and oxygen atoms in total. The van der Waals surface area contributed by atoms with Gasteiger partial charge in [-0.25, -0.2) is 4.39 Å². The number of rotatable bonds is 3. The summed E-state index contributed by atoms with van der Waals surface area (Å²) in [6.07, 6.45) is 0. The maximum atomic E-state index is 13.5. The summed E-state index contributed by atoms with van der Waals surface area (Å²) in [5, 5.41) is 12.0. The Morgan fingerprint density at radius 2 is 2.12 bits per heavy atom. The van der Waals surface area contributed by atoms with Gasteiger partial charge in [-0.1, -0.05) is 6.07 Å². The summed E-state index contributed by atoms with van der Waals surface area (Å²) in [4.78, 5) is 0. The van der Waals surface area contributed by atoms with E-state index in [0.717, 1.165) is 0 Å². The Labute approximate surface area is 98.7 Å². The molecule has 0 bridgehead atoms. The Hall–Kier alpha value is -2.07. The fourth-order valence-electron chi connectivity index (χ4n) is 1.50. The highest BCUT2D eigenvalue weighted by Gasteiger charge is 2.05. The van der Waals surface area contributed by atoms with Gasteiger partial charge >= 0.3 is 0 Å². The number of anilines is 3. The number of aliphatic hydroxyl groups is 1. The first-order valence-electron chi connectivity index (χ1n) is 5.12. The molecule has 1 radical (unpaired) electrons. The van der Waals surface area contributed by atoms with Gasteiger partial charge in [0, 0.05) is 16.9 Å². The Morgan fingerprint density at radius 1 is 1.29 bits per heavy atom. The molecule has 0 aliphatic carbocycles. The zero-order valence-corrected chi connectivity index (χ0v) is 9.07. The van der Waals surface area contributed by atoms with Gasteiger partial charge < -0.3 is 16.2 Å². The Morgan fingerprint density at radius 3 is 2.88 bits per heavy atom. The van der Waals surface area contributed by atoms with Gasteiger partial charge in [-0.2, -0.15) is 0 Å². The highest BCUT2D eigenvalue weighted by atomic mass is 19.1. The lowest BCUT2D eigenvalue weighted by atomic mass is 10.1. The molecule has 0 atom stereocenters. The molecule has 87 valence electrons. The lowest BCUT2D eigenvalue weighted by molar-refractivity contribution is 0.282. The number of hydrogen-bond donors (Lipinski definition) is 3. The second kappa shape index (κ2) is 4.84. The van der Waals surface area contributed by atoms with Crippen LogP contribution in [0.3, 0.4) is 0 Å². The van der Waals surface area contributed by atoms with Crippen molar-refractivity contribution in [3.05, 3.63) is 53.8 Å². The van der Waals surface area contributed by atoms with Gasteiger partial charge in [-0.05, 0) is 36.4 Å². The molecule has 0 heterocycles. The third kappa shape index (κ3) is 2.54. The molecule has 0 unspecified atom stereocenters. The van der Waals surface area contributed by atoms with Gasteiger partial charge in [0.2, 0.25) is 0 Å². The standard InChI is InChI=1S/C13H12FN2O/c14-11-6-5-10(15)7-13(11)16-12-4-2-1-3-9(12)8-17/h2-7,16-17H,8,15H2. The van der Waals surface area contributed by atoms with E-state index in [4.69, 9.17) is 10.8 Å². The van der Waals surface area contributed by atoms with Crippen molar-refractivity contribution in [2.24, 2.45) is 0 Å². The molecule has 0 spiro atoms. The average molecular weight is 231 g/mol. The molecule has 2 aromatic rings. The molecular weight excluding hydrogens is 219 g/mol. The first kappa shape index (κ1) is 11.4. The fraction of sp³-hybridized carbons (Fsp3) is 0.0769. The van der Waals surface area contributed by atoms with Crippen LogP contribution in [0.1, 0.15) is 5.56 Å². The van der Waals surface area contributed by atoms with Gasteiger partial charge in [0.1, 0.15) is 5.82 Å². The highest BCUT2D eigenvalue weighted by Crippen LogP contribution is 2.24. The van der Waals surface area contributed by atoms with Crippen LogP contribution >= 0.6 is 0 Å². The van der Waals surface area contributed by atoms with Crippen molar-refractivity contribution < 1.29 is 9.50 Å². The molecule has 4 N–H and O–H groups in total. The minimum Gasteiger partial charge on any atom is -0.399 e. The van der Waals surface area contributed by atoms with E-state index in [-0.39, 0.29) is 12.3 Å². The van der Waals surface area contributed by atoms with E-state index in [1.165, 1.54) is 18.2 Å². The average Bonchev–Trinajstić information content (AvgIpc) is 2.34. The first-order chi connectivity index (χ1) is 8.20. The number of nitrogen functional groups attached to an aromatic ring is 1. The molecule has 0 amide bonds. The third-order valence-corrected chi connectivity index (χ3v) is 2.38. The lowest BCUT2D eigenvalue weighted by Gasteiger charge is -2.11. The first-order valence-corrected chi connectivity index (χ1v) is 5.12. The van der Waals surface area contributed by atoms with Crippen LogP contribution in [-0.2, 0) is 6.61 Å². The molecule has 2 rings (SSSR count). The number of nitrogens with one attached hydrogen (secondary N) is 1.